The van der Waals surface area contributed by atoms with E-state index in [4.69, 9.17) is 0 Å². The van der Waals surface area contributed by atoms with Crippen LogP contribution >= 0.6 is 0 Å². The third-order valence-electron chi connectivity index (χ3n) is 5.87. The lowest BCUT2D eigenvalue weighted by Crippen LogP contribution is -2.29. The second-order valence-corrected chi connectivity index (χ2v) is 7.67. The summed E-state index contributed by atoms with van der Waals surface area (Å²) in [6, 6.07) is 8.52. The van der Waals surface area contributed by atoms with Crippen molar-refractivity contribution in [1.82, 2.24) is 30.4 Å². The van der Waals surface area contributed by atoms with Crippen molar-refractivity contribution in [2.24, 2.45) is 0 Å². The lowest BCUT2D eigenvalue weighted by molar-refractivity contribution is 0.578. The summed E-state index contributed by atoms with van der Waals surface area (Å²) < 4.78 is 0. The van der Waals surface area contributed by atoms with E-state index in [9.17, 15) is 0 Å². The standard InChI is InChI=1S/C22H21N7/c1-2-6-29(7-3-1)21-13-23-12-20-16(21)9-19(26-20)22-17-8-14(15-10-24-25-11-15)4-5-18(17)27-28-22/h4-5,8-13,26H,1-3,6-7H2,(H,24,25)(H,27,28). The maximum atomic E-state index is 4.61. The first-order valence-electron chi connectivity index (χ1n) is 10.1. The van der Waals surface area contributed by atoms with Gasteiger partial charge in [-0.15, -0.1) is 0 Å². The van der Waals surface area contributed by atoms with Gasteiger partial charge in [-0.1, -0.05) is 6.07 Å². The van der Waals surface area contributed by atoms with E-state index < -0.39 is 0 Å². The minimum absolute atomic E-state index is 0.922. The lowest BCUT2D eigenvalue weighted by atomic mass is 10.1. The predicted molar refractivity (Wildman–Crippen MR) is 115 cm³/mol. The Labute approximate surface area is 167 Å². The topological polar surface area (TPSA) is 89.3 Å². The summed E-state index contributed by atoms with van der Waals surface area (Å²) in [6.07, 6.45) is 11.4. The fraction of sp³-hybridized carbons (Fsp3) is 0.227. The van der Waals surface area contributed by atoms with Gasteiger partial charge < -0.3 is 9.88 Å². The van der Waals surface area contributed by atoms with E-state index in [0.717, 1.165) is 52.0 Å². The van der Waals surface area contributed by atoms with E-state index in [2.05, 4.69) is 59.5 Å². The number of aromatic amines is 3. The fourth-order valence-corrected chi connectivity index (χ4v) is 4.36. The van der Waals surface area contributed by atoms with Gasteiger partial charge in [0.05, 0.1) is 41.0 Å². The molecule has 7 nitrogen and oxygen atoms in total. The van der Waals surface area contributed by atoms with Gasteiger partial charge in [-0.2, -0.15) is 10.2 Å². The third-order valence-corrected chi connectivity index (χ3v) is 5.87. The van der Waals surface area contributed by atoms with Gasteiger partial charge in [0, 0.05) is 35.6 Å². The molecule has 0 spiro atoms. The van der Waals surface area contributed by atoms with Crippen LogP contribution in [-0.4, -0.2) is 43.5 Å². The van der Waals surface area contributed by atoms with Gasteiger partial charge in [-0.3, -0.25) is 15.2 Å². The third kappa shape index (κ3) is 2.69. The van der Waals surface area contributed by atoms with E-state index in [1.54, 1.807) is 0 Å². The molecule has 5 heterocycles. The number of H-pyrrole nitrogens is 3. The van der Waals surface area contributed by atoms with Gasteiger partial charge in [-0.25, -0.2) is 0 Å². The Morgan fingerprint density at radius 2 is 1.79 bits per heavy atom. The molecule has 7 heteroatoms. The number of nitrogens with one attached hydrogen (secondary N) is 3. The molecule has 4 aromatic heterocycles. The highest BCUT2D eigenvalue weighted by atomic mass is 15.1. The average Bonchev–Trinajstić information content (AvgIpc) is 3.52. The molecule has 0 radical (unpaired) electrons. The van der Waals surface area contributed by atoms with E-state index in [0.29, 0.717) is 0 Å². The molecule has 0 atom stereocenters. The van der Waals surface area contributed by atoms with Crippen LogP contribution in [0.25, 0.3) is 44.3 Å². The Kier molecular flexibility index (Phi) is 3.65. The maximum absolute atomic E-state index is 4.61. The largest absolute Gasteiger partial charge is 0.370 e. The van der Waals surface area contributed by atoms with Crippen LogP contribution in [0.15, 0.2) is 49.1 Å². The van der Waals surface area contributed by atoms with Gasteiger partial charge in [-0.05, 0) is 43.0 Å². The first kappa shape index (κ1) is 16.4. The molecular weight excluding hydrogens is 362 g/mol. The van der Waals surface area contributed by atoms with Crippen LogP contribution in [-0.2, 0) is 0 Å². The molecule has 29 heavy (non-hydrogen) atoms. The monoisotopic (exact) mass is 383 g/mol. The number of hydrogen-bond donors (Lipinski definition) is 3. The molecule has 0 amide bonds. The Morgan fingerprint density at radius 3 is 2.66 bits per heavy atom. The molecule has 1 aliphatic rings. The summed E-state index contributed by atoms with van der Waals surface area (Å²) in [5.41, 5.74) is 7.37. The van der Waals surface area contributed by atoms with Crippen molar-refractivity contribution in [3.63, 3.8) is 0 Å². The first-order chi connectivity index (χ1) is 14.4. The van der Waals surface area contributed by atoms with Gasteiger partial charge in [0.25, 0.3) is 0 Å². The highest BCUT2D eigenvalue weighted by Gasteiger charge is 2.18. The van der Waals surface area contributed by atoms with Gasteiger partial charge in [0.15, 0.2) is 0 Å². The second kappa shape index (κ2) is 6.48. The second-order valence-electron chi connectivity index (χ2n) is 7.67. The summed E-state index contributed by atoms with van der Waals surface area (Å²) in [6.45, 7) is 2.20. The quantitative estimate of drug-likeness (QED) is 0.428. The normalized spacial score (nSPS) is 14.8. The molecule has 1 saturated heterocycles. The Balaban J connectivity index is 1.48. The smallest absolute Gasteiger partial charge is 0.116 e. The number of piperidine rings is 1. The Bertz CT molecular complexity index is 1290. The van der Waals surface area contributed by atoms with Gasteiger partial charge in [0.1, 0.15) is 5.69 Å². The number of pyridine rings is 1. The van der Waals surface area contributed by atoms with Crippen LogP contribution in [0.4, 0.5) is 5.69 Å². The number of benzene rings is 1. The zero-order valence-corrected chi connectivity index (χ0v) is 15.9. The van der Waals surface area contributed by atoms with Crippen molar-refractivity contribution in [2.45, 2.75) is 19.3 Å². The summed E-state index contributed by atoms with van der Waals surface area (Å²) >= 11 is 0. The van der Waals surface area contributed by atoms with Crippen molar-refractivity contribution in [3.05, 3.63) is 49.1 Å². The maximum Gasteiger partial charge on any atom is 0.116 e. The molecule has 0 bridgehead atoms. The molecule has 0 saturated carbocycles. The minimum Gasteiger partial charge on any atom is -0.370 e. The highest BCUT2D eigenvalue weighted by molar-refractivity contribution is 6.00. The highest BCUT2D eigenvalue weighted by Crippen LogP contribution is 2.34. The van der Waals surface area contributed by atoms with Gasteiger partial charge >= 0.3 is 0 Å². The van der Waals surface area contributed by atoms with Gasteiger partial charge in [0.2, 0.25) is 0 Å². The van der Waals surface area contributed by atoms with Crippen molar-refractivity contribution in [2.75, 3.05) is 18.0 Å². The van der Waals surface area contributed by atoms with Crippen molar-refractivity contribution in [3.8, 4) is 22.5 Å². The number of aromatic nitrogens is 6. The molecule has 144 valence electrons. The predicted octanol–water partition coefficient (Wildman–Crippen LogP) is 4.49. The van der Waals surface area contributed by atoms with Crippen LogP contribution in [0.1, 0.15) is 19.3 Å². The summed E-state index contributed by atoms with van der Waals surface area (Å²) in [5.74, 6) is 0. The van der Waals surface area contributed by atoms with Crippen molar-refractivity contribution >= 4 is 27.5 Å². The first-order valence-corrected chi connectivity index (χ1v) is 10.1. The Hall–Kier alpha value is -3.61. The molecule has 5 aromatic rings. The molecule has 3 N–H and O–H groups in total. The lowest BCUT2D eigenvalue weighted by Gasteiger charge is -2.28. The minimum atomic E-state index is 0.922. The van der Waals surface area contributed by atoms with E-state index in [1.165, 1.54) is 30.3 Å². The van der Waals surface area contributed by atoms with Crippen LogP contribution in [0.3, 0.4) is 0 Å². The molecular formula is C22H21N7. The van der Waals surface area contributed by atoms with Crippen molar-refractivity contribution in [1.29, 1.82) is 0 Å². The number of rotatable bonds is 3. The zero-order chi connectivity index (χ0) is 19.2. The van der Waals surface area contributed by atoms with Crippen molar-refractivity contribution < 1.29 is 0 Å². The van der Waals surface area contributed by atoms with E-state index in [1.807, 2.05) is 24.8 Å². The molecule has 6 rings (SSSR count). The molecule has 0 aliphatic carbocycles. The average molecular weight is 383 g/mol. The molecule has 1 fully saturated rings. The molecule has 0 unspecified atom stereocenters. The number of hydrogen-bond acceptors (Lipinski definition) is 4. The summed E-state index contributed by atoms with van der Waals surface area (Å²) in [4.78, 5) is 10.5. The van der Waals surface area contributed by atoms with E-state index in [-0.39, 0.29) is 0 Å². The van der Waals surface area contributed by atoms with Crippen LogP contribution in [0.2, 0.25) is 0 Å². The number of fused-ring (bicyclic) bond motifs is 2. The summed E-state index contributed by atoms with van der Waals surface area (Å²) in [5, 5.41) is 17.0. The summed E-state index contributed by atoms with van der Waals surface area (Å²) in [7, 11) is 0. The zero-order valence-electron chi connectivity index (χ0n) is 15.9. The fourth-order valence-electron chi connectivity index (χ4n) is 4.36. The molecule has 1 aromatic carbocycles. The van der Waals surface area contributed by atoms with Crippen LogP contribution in [0.5, 0.6) is 0 Å². The number of anilines is 1. The van der Waals surface area contributed by atoms with Crippen LogP contribution < -0.4 is 4.90 Å². The Morgan fingerprint density at radius 1 is 0.862 bits per heavy atom. The SMILES string of the molecule is c1cc2[nH]nc(-c3cc4c(N5CCCCC5)cncc4[nH]3)c2cc1-c1cn[nH]c1. The van der Waals surface area contributed by atoms with E-state index >= 15 is 0 Å². The van der Waals surface area contributed by atoms with Crippen LogP contribution in [0, 0.1) is 0 Å². The molecule has 1 aliphatic heterocycles. The number of nitrogens with zero attached hydrogens (tertiary/aromatic N) is 4.